The van der Waals surface area contributed by atoms with Gasteiger partial charge in [-0.05, 0) is 37.5 Å². The highest BCUT2D eigenvalue weighted by molar-refractivity contribution is 7.99. The van der Waals surface area contributed by atoms with Crippen molar-refractivity contribution in [3.63, 3.8) is 0 Å². The summed E-state index contributed by atoms with van der Waals surface area (Å²) in [6, 6.07) is 0.696. The zero-order chi connectivity index (χ0) is 10.4. The van der Waals surface area contributed by atoms with Gasteiger partial charge < -0.3 is 5.32 Å². The van der Waals surface area contributed by atoms with Crippen LogP contribution in [0.1, 0.15) is 39.5 Å². The molecule has 2 heteroatoms. The number of thioether (sulfide) groups is 1. The van der Waals surface area contributed by atoms with Gasteiger partial charge in [0.2, 0.25) is 0 Å². The number of hydrogen-bond acceptors (Lipinski definition) is 2. The van der Waals surface area contributed by atoms with E-state index in [1.165, 1.54) is 37.2 Å². The Balaban J connectivity index is 2.06. The van der Waals surface area contributed by atoms with E-state index in [0.717, 1.165) is 11.8 Å². The summed E-state index contributed by atoms with van der Waals surface area (Å²) in [5, 5.41) is 3.41. The maximum atomic E-state index is 3.41. The van der Waals surface area contributed by atoms with E-state index in [4.69, 9.17) is 0 Å². The molecule has 0 bridgehead atoms. The first-order valence-electron chi connectivity index (χ1n) is 5.99. The van der Waals surface area contributed by atoms with Crippen molar-refractivity contribution in [3.05, 3.63) is 0 Å². The molecular formula is C12H25NS. The van der Waals surface area contributed by atoms with Crippen LogP contribution in [0.15, 0.2) is 0 Å². The molecule has 0 aromatic carbocycles. The Labute approximate surface area is 93.4 Å². The zero-order valence-corrected chi connectivity index (χ0v) is 10.7. The molecule has 0 amide bonds. The number of rotatable bonds is 6. The van der Waals surface area contributed by atoms with E-state index in [9.17, 15) is 0 Å². The van der Waals surface area contributed by atoms with Gasteiger partial charge in [0.1, 0.15) is 0 Å². The minimum absolute atomic E-state index is 0.696. The van der Waals surface area contributed by atoms with Crippen LogP contribution in [0.5, 0.6) is 0 Å². The Morgan fingerprint density at radius 1 is 1.29 bits per heavy atom. The van der Waals surface area contributed by atoms with E-state index < -0.39 is 0 Å². The van der Waals surface area contributed by atoms with Crippen molar-refractivity contribution in [2.75, 3.05) is 18.6 Å². The molecule has 1 atom stereocenters. The van der Waals surface area contributed by atoms with E-state index in [2.05, 4.69) is 38.0 Å². The smallest absolute Gasteiger partial charge is 0.0178 e. The molecule has 1 nitrogen and oxygen atoms in total. The van der Waals surface area contributed by atoms with Gasteiger partial charge in [0.25, 0.3) is 0 Å². The van der Waals surface area contributed by atoms with Crippen molar-refractivity contribution in [2.24, 2.45) is 11.8 Å². The third kappa shape index (κ3) is 4.22. The molecule has 0 spiro atoms. The lowest BCUT2D eigenvalue weighted by atomic mass is 10.1. The molecule has 1 aliphatic rings. The van der Waals surface area contributed by atoms with Gasteiger partial charge in [-0.3, -0.25) is 0 Å². The van der Waals surface area contributed by atoms with Crippen LogP contribution in [0.3, 0.4) is 0 Å². The summed E-state index contributed by atoms with van der Waals surface area (Å²) >= 11 is 2.15. The normalized spacial score (nSPS) is 20.6. The first kappa shape index (κ1) is 12.4. The van der Waals surface area contributed by atoms with Crippen LogP contribution in [-0.4, -0.2) is 24.6 Å². The lowest BCUT2D eigenvalue weighted by molar-refractivity contribution is 0.465. The van der Waals surface area contributed by atoms with Crippen LogP contribution < -0.4 is 5.32 Å². The van der Waals surface area contributed by atoms with Gasteiger partial charge in [0, 0.05) is 11.8 Å². The maximum Gasteiger partial charge on any atom is 0.0178 e. The Kier molecular flexibility index (Phi) is 5.95. The highest BCUT2D eigenvalue weighted by atomic mass is 32.2. The first-order valence-corrected chi connectivity index (χ1v) is 7.14. The second-order valence-electron chi connectivity index (χ2n) is 4.83. The Hall–Kier alpha value is 0.310. The number of hydrogen-bond donors (Lipinski definition) is 1. The van der Waals surface area contributed by atoms with Crippen LogP contribution in [0.4, 0.5) is 0 Å². The Bertz CT molecular complexity index is 141. The van der Waals surface area contributed by atoms with Crippen molar-refractivity contribution in [3.8, 4) is 0 Å². The largest absolute Gasteiger partial charge is 0.316 e. The number of nitrogens with one attached hydrogen (secondary N) is 1. The Morgan fingerprint density at radius 3 is 2.43 bits per heavy atom. The molecule has 0 aromatic rings. The summed E-state index contributed by atoms with van der Waals surface area (Å²) in [5.41, 5.74) is 0. The fourth-order valence-electron chi connectivity index (χ4n) is 2.15. The summed E-state index contributed by atoms with van der Waals surface area (Å²) in [6.45, 7) is 4.61. The van der Waals surface area contributed by atoms with E-state index >= 15 is 0 Å². The monoisotopic (exact) mass is 215 g/mol. The van der Waals surface area contributed by atoms with E-state index in [-0.39, 0.29) is 0 Å². The highest BCUT2D eigenvalue weighted by Crippen LogP contribution is 2.28. The predicted octanol–water partition coefficient (Wildman–Crippen LogP) is 3.15. The fourth-order valence-corrected chi connectivity index (χ4v) is 3.76. The van der Waals surface area contributed by atoms with Crippen molar-refractivity contribution < 1.29 is 0 Å². The molecule has 14 heavy (non-hydrogen) atoms. The average Bonchev–Trinajstić information content (AvgIpc) is 2.64. The summed E-state index contributed by atoms with van der Waals surface area (Å²) in [7, 11) is 2.08. The molecule has 0 aliphatic heterocycles. The van der Waals surface area contributed by atoms with E-state index in [1.807, 2.05) is 0 Å². The third-order valence-electron chi connectivity index (χ3n) is 3.30. The molecule has 1 N–H and O–H groups in total. The molecule has 0 saturated heterocycles. The Morgan fingerprint density at radius 2 is 1.93 bits per heavy atom. The average molecular weight is 215 g/mol. The lowest BCUT2D eigenvalue weighted by Gasteiger charge is -2.20. The lowest BCUT2D eigenvalue weighted by Crippen LogP contribution is -2.33. The third-order valence-corrected chi connectivity index (χ3v) is 4.60. The van der Waals surface area contributed by atoms with Gasteiger partial charge in [0.15, 0.2) is 0 Å². The van der Waals surface area contributed by atoms with E-state index in [0.29, 0.717) is 6.04 Å². The summed E-state index contributed by atoms with van der Waals surface area (Å²) in [5.74, 6) is 4.47. The minimum atomic E-state index is 0.696. The molecule has 1 fully saturated rings. The van der Waals surface area contributed by atoms with Crippen LogP contribution in [-0.2, 0) is 0 Å². The van der Waals surface area contributed by atoms with Crippen LogP contribution in [0, 0.1) is 11.8 Å². The molecule has 1 saturated carbocycles. The van der Waals surface area contributed by atoms with Crippen molar-refractivity contribution >= 4 is 11.8 Å². The predicted molar refractivity (Wildman–Crippen MR) is 67.0 cm³/mol. The van der Waals surface area contributed by atoms with Gasteiger partial charge in [-0.2, -0.15) is 11.8 Å². The molecule has 0 radical (unpaired) electrons. The highest BCUT2D eigenvalue weighted by Gasteiger charge is 2.16. The second-order valence-corrected chi connectivity index (χ2v) is 5.90. The topological polar surface area (TPSA) is 12.0 Å². The molecule has 1 rings (SSSR count). The zero-order valence-electron chi connectivity index (χ0n) is 9.88. The molecule has 0 heterocycles. The molecule has 1 unspecified atom stereocenters. The van der Waals surface area contributed by atoms with E-state index in [1.54, 1.807) is 0 Å². The summed E-state index contributed by atoms with van der Waals surface area (Å²) in [4.78, 5) is 0. The SMILES string of the molecule is CNC(CSCC1CCCC1)C(C)C. The van der Waals surface area contributed by atoms with Gasteiger partial charge >= 0.3 is 0 Å². The molecule has 84 valence electrons. The molecule has 1 aliphatic carbocycles. The van der Waals surface area contributed by atoms with Crippen molar-refractivity contribution in [1.29, 1.82) is 0 Å². The van der Waals surface area contributed by atoms with Crippen molar-refractivity contribution in [1.82, 2.24) is 5.32 Å². The van der Waals surface area contributed by atoms with Gasteiger partial charge in [-0.25, -0.2) is 0 Å². The second kappa shape index (κ2) is 6.73. The first-order chi connectivity index (χ1) is 6.74. The van der Waals surface area contributed by atoms with Crippen LogP contribution >= 0.6 is 11.8 Å². The van der Waals surface area contributed by atoms with Crippen LogP contribution in [0.2, 0.25) is 0 Å². The van der Waals surface area contributed by atoms with Crippen LogP contribution in [0.25, 0.3) is 0 Å². The summed E-state index contributed by atoms with van der Waals surface area (Å²) < 4.78 is 0. The maximum absolute atomic E-state index is 3.41. The van der Waals surface area contributed by atoms with Gasteiger partial charge in [-0.15, -0.1) is 0 Å². The molecule has 0 aromatic heterocycles. The van der Waals surface area contributed by atoms with Crippen molar-refractivity contribution in [2.45, 2.75) is 45.6 Å². The quantitative estimate of drug-likeness (QED) is 0.730. The fraction of sp³-hybridized carbons (Fsp3) is 1.00. The summed E-state index contributed by atoms with van der Waals surface area (Å²) in [6.07, 6.45) is 5.92. The van der Waals surface area contributed by atoms with Gasteiger partial charge in [0.05, 0.1) is 0 Å². The molecular weight excluding hydrogens is 190 g/mol. The standard InChI is InChI=1S/C12H25NS/c1-10(2)12(13-3)9-14-8-11-6-4-5-7-11/h10-13H,4-9H2,1-3H3. The minimum Gasteiger partial charge on any atom is -0.316 e. The van der Waals surface area contributed by atoms with Gasteiger partial charge in [-0.1, -0.05) is 26.7 Å².